The molecule has 1 atom stereocenters. The Morgan fingerprint density at radius 1 is 1.73 bits per heavy atom. The van der Waals surface area contributed by atoms with Crippen molar-refractivity contribution in [3.8, 4) is 0 Å². The fourth-order valence-electron chi connectivity index (χ4n) is 1.60. The Kier molecular flexibility index (Phi) is 2.78. The average Bonchev–Trinajstić information content (AvgIpc) is 1.83. The fraction of sp³-hybridized carbons (Fsp3) is 0.875. The zero-order valence-corrected chi connectivity index (χ0v) is 9.14. The third-order valence-electron chi connectivity index (χ3n) is 1.99. The number of nitrogens with one attached hydrogen (secondary N) is 1. The Bertz CT molecular complexity index is 167. The highest BCUT2D eigenvalue weighted by molar-refractivity contribution is 14.1. The molecule has 1 heterocycles. The van der Waals surface area contributed by atoms with Crippen LogP contribution in [0, 0.1) is 5.41 Å². The molecule has 11 heavy (non-hydrogen) atoms. The van der Waals surface area contributed by atoms with E-state index >= 15 is 0 Å². The van der Waals surface area contributed by atoms with E-state index in [0.717, 1.165) is 10.8 Å². The van der Waals surface area contributed by atoms with E-state index < -0.39 is 0 Å². The second kappa shape index (κ2) is 3.29. The number of alkyl halides is 1. The summed E-state index contributed by atoms with van der Waals surface area (Å²) >= 11 is 2.32. The molecule has 1 rings (SSSR count). The van der Waals surface area contributed by atoms with Crippen LogP contribution in [-0.2, 0) is 4.79 Å². The number of halogens is 1. The molecule has 2 nitrogen and oxygen atoms in total. The van der Waals surface area contributed by atoms with Gasteiger partial charge in [-0.3, -0.25) is 4.79 Å². The number of hydrogen-bond acceptors (Lipinski definition) is 1. The first-order valence-corrected chi connectivity index (χ1v) is 5.41. The summed E-state index contributed by atoms with van der Waals surface area (Å²) in [6.45, 7) is 4.32. The summed E-state index contributed by atoms with van der Waals surface area (Å²) in [7, 11) is 0. The molecule has 0 aromatic heterocycles. The predicted octanol–water partition coefficient (Wildman–Crippen LogP) is 1.73. The Hall–Kier alpha value is 0.200. The Labute approximate surface area is 81.3 Å². The van der Waals surface area contributed by atoms with Crippen molar-refractivity contribution >= 4 is 28.5 Å². The largest absolute Gasteiger partial charge is 0.353 e. The average molecular weight is 267 g/mol. The summed E-state index contributed by atoms with van der Waals surface area (Å²) in [6, 6.07) is 0.395. The monoisotopic (exact) mass is 267 g/mol. The molecule has 0 aromatic rings. The minimum atomic E-state index is 0.207. The van der Waals surface area contributed by atoms with Gasteiger partial charge in [-0.25, -0.2) is 0 Å². The van der Waals surface area contributed by atoms with Crippen molar-refractivity contribution in [2.24, 2.45) is 5.41 Å². The van der Waals surface area contributed by atoms with E-state index in [1.54, 1.807) is 0 Å². The molecule has 3 heteroatoms. The number of hydrogen-bond donors (Lipinski definition) is 1. The number of carbonyl (C=O) groups is 1. The summed E-state index contributed by atoms with van der Waals surface area (Å²) < 4.78 is 1.02. The van der Waals surface area contributed by atoms with Gasteiger partial charge in [0, 0.05) is 16.9 Å². The van der Waals surface area contributed by atoms with Gasteiger partial charge in [0.15, 0.2) is 0 Å². The van der Waals surface area contributed by atoms with Gasteiger partial charge in [-0.2, -0.15) is 0 Å². The molecular weight excluding hydrogens is 253 g/mol. The predicted molar refractivity (Wildman–Crippen MR) is 53.8 cm³/mol. The zero-order valence-electron chi connectivity index (χ0n) is 6.98. The molecule has 0 radical (unpaired) electrons. The topological polar surface area (TPSA) is 29.1 Å². The molecule has 1 saturated heterocycles. The van der Waals surface area contributed by atoms with Gasteiger partial charge in [-0.05, 0) is 11.8 Å². The van der Waals surface area contributed by atoms with Gasteiger partial charge < -0.3 is 5.32 Å². The van der Waals surface area contributed by atoms with Crippen molar-refractivity contribution in [2.75, 3.05) is 4.43 Å². The van der Waals surface area contributed by atoms with Crippen molar-refractivity contribution in [3.05, 3.63) is 0 Å². The quantitative estimate of drug-likeness (QED) is 0.569. The maximum atomic E-state index is 11.1. The highest BCUT2D eigenvalue weighted by Crippen LogP contribution is 2.30. The van der Waals surface area contributed by atoms with E-state index in [1.165, 1.54) is 0 Å². The van der Waals surface area contributed by atoms with Crippen LogP contribution in [0.3, 0.4) is 0 Å². The second-order valence-corrected chi connectivity index (χ2v) is 4.84. The van der Waals surface area contributed by atoms with E-state index in [0.29, 0.717) is 12.5 Å². The molecule has 0 aromatic carbocycles. The highest BCUT2D eigenvalue weighted by Gasteiger charge is 2.31. The minimum absolute atomic E-state index is 0.207. The lowest BCUT2D eigenvalue weighted by molar-refractivity contribution is -0.126. The summed E-state index contributed by atoms with van der Waals surface area (Å²) in [5.41, 5.74) is 0.207. The Morgan fingerprint density at radius 2 is 2.36 bits per heavy atom. The van der Waals surface area contributed by atoms with Crippen LogP contribution in [0.15, 0.2) is 0 Å². The Morgan fingerprint density at radius 3 is 2.82 bits per heavy atom. The van der Waals surface area contributed by atoms with Gasteiger partial charge in [-0.1, -0.05) is 36.4 Å². The molecule has 1 amide bonds. The third-order valence-corrected chi connectivity index (χ3v) is 3.05. The van der Waals surface area contributed by atoms with Crippen LogP contribution in [0.5, 0.6) is 0 Å². The summed E-state index contributed by atoms with van der Waals surface area (Å²) in [5, 5.41) is 2.98. The lowest BCUT2D eigenvalue weighted by Gasteiger charge is -2.34. The van der Waals surface area contributed by atoms with Crippen LogP contribution in [0.2, 0.25) is 0 Å². The minimum Gasteiger partial charge on any atom is -0.353 e. The summed E-state index contributed by atoms with van der Waals surface area (Å²) in [6.07, 6.45) is 1.79. The van der Waals surface area contributed by atoms with Crippen molar-refractivity contribution in [1.82, 2.24) is 5.32 Å². The fourth-order valence-corrected chi connectivity index (χ4v) is 2.13. The molecule has 0 spiro atoms. The summed E-state index contributed by atoms with van der Waals surface area (Å²) in [5.74, 6) is 0.211. The molecule has 0 aliphatic carbocycles. The van der Waals surface area contributed by atoms with Crippen molar-refractivity contribution in [2.45, 2.75) is 32.7 Å². The van der Waals surface area contributed by atoms with E-state index in [1.807, 2.05) is 0 Å². The van der Waals surface area contributed by atoms with Gasteiger partial charge in [-0.15, -0.1) is 0 Å². The lowest BCUT2D eigenvalue weighted by atomic mass is 9.80. The molecule has 0 bridgehead atoms. The third kappa shape index (κ3) is 2.61. The van der Waals surface area contributed by atoms with Crippen LogP contribution in [-0.4, -0.2) is 16.4 Å². The van der Waals surface area contributed by atoms with Gasteiger partial charge in [0.25, 0.3) is 0 Å². The van der Waals surface area contributed by atoms with Crippen LogP contribution in [0.4, 0.5) is 0 Å². The zero-order chi connectivity index (χ0) is 8.48. The standard InChI is InChI=1S/C8H14INO/c1-8(2)3-6(5-9)10-7(11)4-8/h6H,3-5H2,1-2H3,(H,10,11). The highest BCUT2D eigenvalue weighted by atomic mass is 127. The first kappa shape index (κ1) is 9.29. The number of piperidine rings is 1. The molecule has 0 saturated carbocycles. The van der Waals surface area contributed by atoms with Crippen molar-refractivity contribution in [3.63, 3.8) is 0 Å². The maximum absolute atomic E-state index is 11.1. The molecule has 64 valence electrons. The molecule has 1 unspecified atom stereocenters. The smallest absolute Gasteiger partial charge is 0.220 e. The molecule has 1 aliphatic rings. The second-order valence-electron chi connectivity index (χ2n) is 3.96. The first-order valence-electron chi connectivity index (χ1n) is 3.89. The van der Waals surface area contributed by atoms with Crippen LogP contribution >= 0.6 is 22.6 Å². The van der Waals surface area contributed by atoms with Gasteiger partial charge in [0.2, 0.25) is 5.91 Å². The van der Waals surface area contributed by atoms with Crippen molar-refractivity contribution in [1.29, 1.82) is 0 Å². The van der Waals surface area contributed by atoms with E-state index in [2.05, 4.69) is 41.8 Å². The number of rotatable bonds is 1. The van der Waals surface area contributed by atoms with Crippen molar-refractivity contribution < 1.29 is 4.79 Å². The lowest BCUT2D eigenvalue weighted by Crippen LogP contribution is -2.46. The molecule has 1 N–H and O–H groups in total. The van der Waals surface area contributed by atoms with Crippen LogP contribution < -0.4 is 5.32 Å². The number of carbonyl (C=O) groups excluding carboxylic acids is 1. The van der Waals surface area contributed by atoms with E-state index in [9.17, 15) is 4.79 Å². The summed E-state index contributed by atoms with van der Waals surface area (Å²) in [4.78, 5) is 11.1. The normalized spacial score (nSPS) is 29.7. The van der Waals surface area contributed by atoms with Gasteiger partial charge >= 0.3 is 0 Å². The Balaban J connectivity index is 2.58. The van der Waals surface area contributed by atoms with Crippen LogP contribution in [0.1, 0.15) is 26.7 Å². The van der Waals surface area contributed by atoms with Gasteiger partial charge in [0.1, 0.15) is 0 Å². The maximum Gasteiger partial charge on any atom is 0.220 e. The molecule has 1 aliphatic heterocycles. The van der Waals surface area contributed by atoms with E-state index in [4.69, 9.17) is 0 Å². The van der Waals surface area contributed by atoms with Crippen LogP contribution in [0.25, 0.3) is 0 Å². The first-order chi connectivity index (χ1) is 5.03. The molecule has 1 fully saturated rings. The van der Waals surface area contributed by atoms with E-state index in [-0.39, 0.29) is 11.3 Å². The SMILES string of the molecule is CC1(C)CC(=O)NC(CI)C1. The molecular formula is C8H14INO. The van der Waals surface area contributed by atoms with Gasteiger partial charge in [0.05, 0.1) is 0 Å². The number of amides is 1.